The Morgan fingerprint density at radius 1 is 0.840 bits per heavy atom. The van der Waals surface area contributed by atoms with E-state index in [2.05, 4.69) is 19.9 Å². The van der Waals surface area contributed by atoms with Gasteiger partial charge < -0.3 is 26.5 Å². The Labute approximate surface area is 170 Å². The molecule has 0 radical (unpaired) electrons. The summed E-state index contributed by atoms with van der Waals surface area (Å²) >= 11 is 0. The van der Waals surface area contributed by atoms with Gasteiger partial charge in [0.05, 0.1) is 33.0 Å². The van der Waals surface area contributed by atoms with Gasteiger partial charge in [0.2, 0.25) is 6.79 Å². The van der Waals surface area contributed by atoms with E-state index in [1.807, 2.05) is 6.07 Å². The van der Waals surface area contributed by atoms with Crippen molar-refractivity contribution in [1.82, 2.24) is 0 Å². The molecule has 1 aromatic carbocycles. The number of unbranched alkanes of at least 4 members (excludes halogenated alkanes) is 1. The standard InChI is InChI=1S/C19H30O5.Mg.2H/c1-3-5-7-20-8-9-21-10-11-22-14-17-13-19-18(23-15-24-19)12-16(17)6-4-2;;;/h12-13H,3-11,14-15H2,1-2H3;;;/q;+2;2*-1. The van der Waals surface area contributed by atoms with Crippen molar-refractivity contribution in [2.75, 3.05) is 39.8 Å². The van der Waals surface area contributed by atoms with Crippen LogP contribution in [0.2, 0.25) is 0 Å². The molecule has 0 aliphatic carbocycles. The molecular weight excluding hydrogens is 333 g/mol. The van der Waals surface area contributed by atoms with E-state index in [0.717, 1.165) is 43.8 Å². The summed E-state index contributed by atoms with van der Waals surface area (Å²) in [4.78, 5) is 0. The summed E-state index contributed by atoms with van der Waals surface area (Å²) in [6.07, 6.45) is 4.38. The molecule has 0 unspecified atom stereocenters. The second kappa shape index (κ2) is 13.6. The zero-order chi connectivity index (χ0) is 17.0. The van der Waals surface area contributed by atoms with Gasteiger partial charge in [0.1, 0.15) is 0 Å². The fourth-order valence-electron chi connectivity index (χ4n) is 2.53. The van der Waals surface area contributed by atoms with E-state index in [-0.39, 0.29) is 25.9 Å². The van der Waals surface area contributed by atoms with Crippen LogP contribution in [0.1, 0.15) is 47.1 Å². The Hall–Kier alpha value is -0.534. The van der Waals surface area contributed by atoms with Gasteiger partial charge in [-0.2, -0.15) is 0 Å². The molecule has 1 aromatic rings. The third-order valence-electron chi connectivity index (χ3n) is 3.86. The van der Waals surface area contributed by atoms with Crippen LogP contribution in [-0.2, 0) is 27.2 Å². The molecule has 0 aromatic heterocycles. The van der Waals surface area contributed by atoms with Crippen molar-refractivity contribution in [3.63, 3.8) is 0 Å². The second-order valence-electron chi connectivity index (χ2n) is 5.86. The van der Waals surface area contributed by atoms with E-state index < -0.39 is 0 Å². The SMILES string of the molecule is CCCCOCCOCCOCc1cc2c(cc1CCC)OCO2.[H-].[H-].[Mg+2]. The summed E-state index contributed by atoms with van der Waals surface area (Å²) < 4.78 is 27.6. The summed E-state index contributed by atoms with van der Waals surface area (Å²) in [5, 5.41) is 0. The minimum Gasteiger partial charge on any atom is -1.00 e. The zero-order valence-electron chi connectivity index (χ0n) is 17.7. The monoisotopic (exact) mass is 364 g/mol. The summed E-state index contributed by atoms with van der Waals surface area (Å²) in [5.41, 5.74) is 2.44. The van der Waals surface area contributed by atoms with Gasteiger partial charge in [0.15, 0.2) is 11.5 Å². The minimum absolute atomic E-state index is 0. The van der Waals surface area contributed by atoms with Crippen molar-refractivity contribution in [2.45, 2.75) is 46.1 Å². The molecule has 0 N–H and O–H groups in total. The van der Waals surface area contributed by atoms with E-state index in [9.17, 15) is 0 Å². The molecule has 0 fully saturated rings. The van der Waals surface area contributed by atoms with Crippen LogP contribution in [0.25, 0.3) is 0 Å². The predicted octanol–water partition coefficient (Wildman–Crippen LogP) is 3.56. The van der Waals surface area contributed by atoms with Crippen LogP contribution in [0.15, 0.2) is 12.1 Å². The minimum atomic E-state index is 0. The third-order valence-corrected chi connectivity index (χ3v) is 3.86. The first kappa shape index (κ1) is 22.5. The smallest absolute Gasteiger partial charge is 1.00 e. The maximum Gasteiger partial charge on any atom is 2.00 e. The number of aryl methyl sites for hydroxylation is 1. The Kier molecular flexibility index (Phi) is 12.3. The van der Waals surface area contributed by atoms with Crippen molar-refractivity contribution in [1.29, 1.82) is 0 Å². The summed E-state index contributed by atoms with van der Waals surface area (Å²) in [6.45, 7) is 8.47. The Morgan fingerprint density at radius 3 is 2.08 bits per heavy atom. The van der Waals surface area contributed by atoms with Crippen molar-refractivity contribution in [3.8, 4) is 11.5 Å². The molecular formula is C19H32MgO5. The molecule has 140 valence electrons. The van der Waals surface area contributed by atoms with Crippen LogP contribution < -0.4 is 9.47 Å². The average Bonchev–Trinajstić information content (AvgIpc) is 3.04. The molecule has 2 rings (SSSR count). The van der Waals surface area contributed by atoms with E-state index in [1.54, 1.807) is 0 Å². The molecule has 0 bridgehead atoms. The van der Waals surface area contributed by atoms with Gasteiger partial charge in [-0.15, -0.1) is 0 Å². The van der Waals surface area contributed by atoms with Gasteiger partial charge >= 0.3 is 23.1 Å². The topological polar surface area (TPSA) is 46.2 Å². The molecule has 1 aliphatic heterocycles. The van der Waals surface area contributed by atoms with Gasteiger partial charge in [-0.3, -0.25) is 0 Å². The quantitative estimate of drug-likeness (QED) is 0.395. The van der Waals surface area contributed by atoms with Crippen molar-refractivity contribution < 1.29 is 26.5 Å². The first-order chi connectivity index (χ1) is 11.8. The van der Waals surface area contributed by atoms with Crippen molar-refractivity contribution in [2.24, 2.45) is 0 Å². The molecule has 0 spiro atoms. The first-order valence-electron chi connectivity index (χ1n) is 8.99. The predicted molar refractivity (Wildman–Crippen MR) is 101 cm³/mol. The molecule has 25 heavy (non-hydrogen) atoms. The molecule has 6 heteroatoms. The normalized spacial score (nSPS) is 12.2. The molecule has 1 aliphatic rings. The van der Waals surface area contributed by atoms with Crippen LogP contribution in [0.4, 0.5) is 0 Å². The van der Waals surface area contributed by atoms with Crippen LogP contribution in [-0.4, -0.2) is 62.9 Å². The van der Waals surface area contributed by atoms with Crippen LogP contribution in [0, 0.1) is 0 Å². The van der Waals surface area contributed by atoms with Crippen LogP contribution in [0.3, 0.4) is 0 Å². The Morgan fingerprint density at radius 2 is 1.44 bits per heavy atom. The van der Waals surface area contributed by atoms with Gasteiger partial charge in [0, 0.05) is 6.61 Å². The first-order valence-corrected chi connectivity index (χ1v) is 8.99. The van der Waals surface area contributed by atoms with Crippen molar-refractivity contribution in [3.05, 3.63) is 23.3 Å². The second-order valence-corrected chi connectivity index (χ2v) is 5.86. The van der Waals surface area contributed by atoms with E-state index in [4.69, 9.17) is 23.7 Å². The molecule has 0 saturated carbocycles. The number of hydrogen-bond donors (Lipinski definition) is 0. The summed E-state index contributed by atoms with van der Waals surface area (Å²) in [6, 6.07) is 4.12. The average molecular weight is 365 g/mol. The van der Waals surface area contributed by atoms with Gasteiger partial charge in [-0.25, -0.2) is 0 Å². The number of ether oxygens (including phenoxy) is 5. The number of benzene rings is 1. The van der Waals surface area contributed by atoms with Crippen LogP contribution in [0.5, 0.6) is 11.5 Å². The van der Waals surface area contributed by atoms with E-state index >= 15 is 0 Å². The fraction of sp³-hybridized carbons (Fsp3) is 0.684. The Balaban J connectivity index is 0. The number of rotatable bonds is 13. The largest absolute Gasteiger partial charge is 2.00 e. The van der Waals surface area contributed by atoms with E-state index in [0.29, 0.717) is 39.8 Å². The maximum absolute atomic E-state index is 5.75. The molecule has 0 atom stereocenters. The summed E-state index contributed by atoms with van der Waals surface area (Å²) in [7, 11) is 0. The third kappa shape index (κ3) is 8.13. The number of hydrogen-bond acceptors (Lipinski definition) is 5. The molecule has 1 heterocycles. The van der Waals surface area contributed by atoms with Gasteiger partial charge in [-0.1, -0.05) is 26.7 Å². The molecule has 0 saturated heterocycles. The van der Waals surface area contributed by atoms with Gasteiger partial charge in [-0.05, 0) is 36.1 Å². The maximum atomic E-state index is 5.75. The fourth-order valence-corrected chi connectivity index (χ4v) is 2.53. The van der Waals surface area contributed by atoms with E-state index in [1.165, 1.54) is 11.1 Å². The van der Waals surface area contributed by atoms with Gasteiger partial charge in [0.25, 0.3) is 0 Å². The van der Waals surface area contributed by atoms with Crippen LogP contribution >= 0.6 is 0 Å². The molecule has 5 nitrogen and oxygen atoms in total. The number of fused-ring (bicyclic) bond motifs is 1. The summed E-state index contributed by atoms with van der Waals surface area (Å²) in [5.74, 6) is 1.66. The van der Waals surface area contributed by atoms with Crippen molar-refractivity contribution >= 4 is 23.1 Å². The Bertz CT molecular complexity index is 491. The zero-order valence-corrected chi connectivity index (χ0v) is 17.1. The molecule has 0 amide bonds.